The minimum absolute atomic E-state index is 0.124. The molecular formula is C20H21ClN4O2S. The summed E-state index contributed by atoms with van der Waals surface area (Å²) in [6.07, 6.45) is 0.313. The molecule has 0 unspecified atom stereocenters. The van der Waals surface area contributed by atoms with Crippen LogP contribution in [0.4, 0.5) is 11.5 Å². The molecule has 0 spiro atoms. The normalized spacial score (nSPS) is 10.7. The van der Waals surface area contributed by atoms with Gasteiger partial charge >= 0.3 is 0 Å². The van der Waals surface area contributed by atoms with Crippen molar-refractivity contribution in [3.05, 3.63) is 47.5 Å². The molecule has 1 amide bonds. The molecule has 0 radical (unpaired) electrons. The second-order valence-electron chi connectivity index (χ2n) is 5.89. The summed E-state index contributed by atoms with van der Waals surface area (Å²) in [5.41, 5.74) is 1.44. The third-order valence-corrected chi connectivity index (χ3v) is 5.01. The van der Waals surface area contributed by atoms with Crippen molar-refractivity contribution in [2.45, 2.75) is 18.5 Å². The first kappa shape index (κ1) is 20.2. The van der Waals surface area contributed by atoms with E-state index in [4.69, 9.17) is 16.3 Å². The van der Waals surface area contributed by atoms with Gasteiger partial charge in [-0.05, 0) is 37.3 Å². The van der Waals surface area contributed by atoms with E-state index < -0.39 is 0 Å². The number of aromatic nitrogens is 2. The average molecular weight is 417 g/mol. The molecule has 2 N–H and O–H groups in total. The Hall–Kier alpha value is -2.51. The van der Waals surface area contributed by atoms with Crippen molar-refractivity contribution in [3.8, 4) is 5.75 Å². The van der Waals surface area contributed by atoms with E-state index in [1.807, 2.05) is 31.2 Å². The number of amides is 1. The van der Waals surface area contributed by atoms with Crippen molar-refractivity contribution in [2.75, 3.05) is 30.0 Å². The van der Waals surface area contributed by atoms with Crippen LogP contribution in [-0.2, 0) is 4.79 Å². The molecule has 0 bridgehead atoms. The van der Waals surface area contributed by atoms with Gasteiger partial charge in [0.05, 0.1) is 18.3 Å². The number of hydrogen-bond acceptors (Lipinski definition) is 6. The molecule has 0 saturated carbocycles. The Morgan fingerprint density at radius 1 is 1.21 bits per heavy atom. The van der Waals surface area contributed by atoms with Crippen LogP contribution in [0.2, 0.25) is 5.02 Å². The molecular weight excluding hydrogens is 396 g/mol. The van der Waals surface area contributed by atoms with Crippen molar-refractivity contribution in [2.24, 2.45) is 0 Å². The van der Waals surface area contributed by atoms with E-state index in [1.165, 1.54) is 11.8 Å². The highest BCUT2D eigenvalue weighted by Gasteiger charge is 2.11. The number of para-hydroxylation sites is 1. The topological polar surface area (TPSA) is 76.1 Å². The fraction of sp³-hybridized carbons (Fsp3) is 0.250. The van der Waals surface area contributed by atoms with E-state index in [0.29, 0.717) is 33.8 Å². The molecule has 146 valence electrons. The lowest BCUT2D eigenvalue weighted by molar-refractivity contribution is -0.115. The summed E-state index contributed by atoms with van der Waals surface area (Å²) in [5.74, 6) is 1.81. The number of ether oxygens (including phenoxy) is 1. The first-order valence-electron chi connectivity index (χ1n) is 8.87. The summed E-state index contributed by atoms with van der Waals surface area (Å²) >= 11 is 7.44. The van der Waals surface area contributed by atoms with Gasteiger partial charge in [0.25, 0.3) is 0 Å². The quantitative estimate of drug-likeness (QED) is 0.404. The molecule has 2 aromatic carbocycles. The number of carbonyl (C=O) groups is 1. The van der Waals surface area contributed by atoms with Gasteiger partial charge in [-0.15, -0.1) is 0 Å². The third-order valence-electron chi connectivity index (χ3n) is 3.92. The summed E-state index contributed by atoms with van der Waals surface area (Å²) in [6, 6.07) is 13.0. The number of carbonyl (C=O) groups excluding carboxylic acids is 1. The number of nitrogens with zero attached hydrogens (tertiary/aromatic N) is 2. The zero-order chi connectivity index (χ0) is 19.9. The van der Waals surface area contributed by atoms with Crippen LogP contribution in [0, 0.1) is 0 Å². The molecule has 3 aromatic rings. The average Bonchev–Trinajstić information content (AvgIpc) is 2.68. The van der Waals surface area contributed by atoms with Gasteiger partial charge in [0.1, 0.15) is 11.6 Å². The first-order valence-corrected chi connectivity index (χ1v) is 10.2. The van der Waals surface area contributed by atoms with Gasteiger partial charge in [0, 0.05) is 29.1 Å². The fourth-order valence-electron chi connectivity index (χ4n) is 2.65. The molecule has 8 heteroatoms. The number of fused-ring (bicyclic) bond motifs is 1. The lowest BCUT2D eigenvalue weighted by Gasteiger charge is -2.11. The number of anilines is 2. The zero-order valence-electron chi connectivity index (χ0n) is 15.7. The minimum Gasteiger partial charge on any atom is -0.495 e. The van der Waals surface area contributed by atoms with Gasteiger partial charge in [0.2, 0.25) is 5.91 Å². The molecule has 28 heavy (non-hydrogen) atoms. The molecule has 0 saturated heterocycles. The van der Waals surface area contributed by atoms with Crippen LogP contribution in [0.1, 0.15) is 13.3 Å². The lowest BCUT2D eigenvalue weighted by Crippen LogP contribution is -2.13. The smallest absolute Gasteiger partial charge is 0.225 e. The predicted molar refractivity (Wildman–Crippen MR) is 116 cm³/mol. The second-order valence-corrected chi connectivity index (χ2v) is 7.39. The Labute approximate surface area is 173 Å². The van der Waals surface area contributed by atoms with Crippen LogP contribution < -0.4 is 15.4 Å². The van der Waals surface area contributed by atoms with Crippen LogP contribution >= 0.6 is 23.4 Å². The zero-order valence-corrected chi connectivity index (χ0v) is 17.2. The number of benzene rings is 2. The van der Waals surface area contributed by atoms with Crippen molar-refractivity contribution in [3.63, 3.8) is 0 Å². The van der Waals surface area contributed by atoms with Crippen molar-refractivity contribution in [1.82, 2.24) is 9.97 Å². The largest absolute Gasteiger partial charge is 0.495 e. The molecule has 3 rings (SSSR count). The van der Waals surface area contributed by atoms with E-state index >= 15 is 0 Å². The number of rotatable bonds is 8. The summed E-state index contributed by atoms with van der Waals surface area (Å²) in [4.78, 5) is 21.5. The highest BCUT2D eigenvalue weighted by molar-refractivity contribution is 7.99. The third kappa shape index (κ3) is 5.05. The van der Waals surface area contributed by atoms with Crippen LogP contribution in [-0.4, -0.2) is 35.3 Å². The molecule has 0 fully saturated rings. The standard InChI is InChI=1S/C20H21ClN4O2S/c1-3-22-19-14-6-4-5-7-15(14)24-20(25-19)28-11-10-18(26)23-16-12-13(21)8-9-17(16)27-2/h4-9,12H,3,10-11H2,1-2H3,(H,23,26)(H,22,24,25). The lowest BCUT2D eigenvalue weighted by atomic mass is 10.2. The van der Waals surface area contributed by atoms with Gasteiger partial charge in [-0.2, -0.15) is 0 Å². The number of nitrogens with one attached hydrogen (secondary N) is 2. The Kier molecular flexibility index (Phi) is 6.95. The van der Waals surface area contributed by atoms with E-state index in [9.17, 15) is 4.79 Å². The van der Waals surface area contributed by atoms with Gasteiger partial charge in [-0.3, -0.25) is 4.79 Å². The second kappa shape index (κ2) is 9.61. The maximum atomic E-state index is 12.3. The first-order chi connectivity index (χ1) is 13.6. The SMILES string of the molecule is CCNc1nc(SCCC(=O)Nc2cc(Cl)ccc2OC)nc2ccccc12. The van der Waals surface area contributed by atoms with Crippen LogP contribution in [0.15, 0.2) is 47.6 Å². The highest BCUT2D eigenvalue weighted by Crippen LogP contribution is 2.28. The van der Waals surface area contributed by atoms with E-state index in [2.05, 4.69) is 20.6 Å². The Morgan fingerprint density at radius 3 is 2.82 bits per heavy atom. The predicted octanol–water partition coefficient (Wildman–Crippen LogP) is 4.84. The summed E-state index contributed by atoms with van der Waals surface area (Å²) in [5, 5.41) is 8.27. The maximum absolute atomic E-state index is 12.3. The van der Waals surface area contributed by atoms with Gasteiger partial charge in [-0.1, -0.05) is 35.5 Å². The van der Waals surface area contributed by atoms with Crippen molar-refractivity contribution in [1.29, 1.82) is 0 Å². The Morgan fingerprint density at radius 2 is 2.04 bits per heavy atom. The number of hydrogen-bond donors (Lipinski definition) is 2. The van der Waals surface area contributed by atoms with E-state index in [-0.39, 0.29) is 5.91 Å². The van der Waals surface area contributed by atoms with Crippen LogP contribution in [0.3, 0.4) is 0 Å². The Balaban J connectivity index is 1.63. The molecule has 0 aliphatic carbocycles. The molecule has 6 nitrogen and oxygen atoms in total. The summed E-state index contributed by atoms with van der Waals surface area (Å²) in [7, 11) is 1.55. The molecule has 1 heterocycles. The monoisotopic (exact) mass is 416 g/mol. The molecule has 1 aromatic heterocycles. The Bertz CT molecular complexity index is 984. The van der Waals surface area contributed by atoms with Crippen LogP contribution in [0.5, 0.6) is 5.75 Å². The maximum Gasteiger partial charge on any atom is 0.225 e. The van der Waals surface area contributed by atoms with E-state index in [1.54, 1.807) is 25.3 Å². The fourth-order valence-corrected chi connectivity index (χ4v) is 3.61. The molecule has 0 aliphatic heterocycles. The van der Waals surface area contributed by atoms with Gasteiger partial charge < -0.3 is 15.4 Å². The molecule has 0 aliphatic rings. The van der Waals surface area contributed by atoms with Crippen molar-refractivity contribution < 1.29 is 9.53 Å². The summed E-state index contributed by atoms with van der Waals surface area (Å²) < 4.78 is 5.25. The van der Waals surface area contributed by atoms with Gasteiger partial charge in [-0.25, -0.2) is 9.97 Å². The molecule has 0 atom stereocenters. The van der Waals surface area contributed by atoms with Crippen molar-refractivity contribution >= 4 is 51.7 Å². The number of methoxy groups -OCH3 is 1. The highest BCUT2D eigenvalue weighted by atomic mass is 35.5. The minimum atomic E-state index is -0.124. The van der Waals surface area contributed by atoms with Crippen LogP contribution in [0.25, 0.3) is 10.9 Å². The van der Waals surface area contributed by atoms with E-state index in [0.717, 1.165) is 23.3 Å². The number of halogens is 1. The van der Waals surface area contributed by atoms with Gasteiger partial charge in [0.15, 0.2) is 5.16 Å². The number of thioether (sulfide) groups is 1. The summed E-state index contributed by atoms with van der Waals surface area (Å²) in [6.45, 7) is 2.80.